The summed E-state index contributed by atoms with van der Waals surface area (Å²) in [5, 5.41) is 0. The number of rotatable bonds is 8. The van der Waals surface area contributed by atoms with Gasteiger partial charge in [-0.3, -0.25) is 9.69 Å². The number of ether oxygens (including phenoxy) is 1. The molecule has 0 aromatic heterocycles. The molecule has 4 nitrogen and oxygen atoms in total. The standard InChI is InChI=1S/C23H33F3N2O2/c1-2-30-21-10-8-19(9-11-21)28(22(29)12-7-18-5-3-4-6-18)20-13-15-27(16-14-20)17-23(24,25)26/h8-11,18,20H,2-7,12-17H2,1H3. The highest BCUT2D eigenvalue weighted by molar-refractivity contribution is 5.94. The van der Waals surface area contributed by atoms with Gasteiger partial charge in [0.05, 0.1) is 13.2 Å². The lowest BCUT2D eigenvalue weighted by Gasteiger charge is -2.39. The second-order valence-corrected chi connectivity index (χ2v) is 8.50. The van der Waals surface area contributed by atoms with Crippen LogP contribution in [0.1, 0.15) is 58.3 Å². The molecule has 0 bridgehead atoms. The number of carbonyl (C=O) groups excluding carboxylic acids is 1. The summed E-state index contributed by atoms with van der Waals surface area (Å²) >= 11 is 0. The van der Waals surface area contributed by atoms with E-state index in [1.54, 1.807) is 0 Å². The lowest BCUT2D eigenvalue weighted by molar-refractivity contribution is -0.148. The molecule has 1 amide bonds. The van der Waals surface area contributed by atoms with Crippen molar-refractivity contribution in [1.82, 2.24) is 4.90 Å². The van der Waals surface area contributed by atoms with Gasteiger partial charge in [0.25, 0.3) is 0 Å². The van der Waals surface area contributed by atoms with Crippen LogP contribution in [0.15, 0.2) is 24.3 Å². The SMILES string of the molecule is CCOc1ccc(N(C(=O)CCC2CCCC2)C2CCN(CC(F)(F)F)CC2)cc1. The maximum Gasteiger partial charge on any atom is 0.401 e. The van der Waals surface area contributed by atoms with E-state index in [1.165, 1.54) is 30.6 Å². The van der Waals surface area contributed by atoms with E-state index in [4.69, 9.17) is 4.74 Å². The summed E-state index contributed by atoms with van der Waals surface area (Å²) in [4.78, 5) is 16.5. The number of carbonyl (C=O) groups is 1. The predicted octanol–water partition coefficient (Wildman–Crippen LogP) is 5.42. The second-order valence-electron chi connectivity index (χ2n) is 8.50. The van der Waals surface area contributed by atoms with Crippen LogP contribution in [-0.4, -0.2) is 49.3 Å². The minimum atomic E-state index is -4.18. The van der Waals surface area contributed by atoms with Crippen LogP contribution in [0.2, 0.25) is 0 Å². The molecule has 1 aromatic rings. The Morgan fingerprint density at radius 3 is 2.30 bits per heavy atom. The van der Waals surface area contributed by atoms with E-state index in [1.807, 2.05) is 36.1 Å². The summed E-state index contributed by atoms with van der Waals surface area (Å²) in [7, 11) is 0. The summed E-state index contributed by atoms with van der Waals surface area (Å²) in [6.45, 7) is 2.32. The van der Waals surface area contributed by atoms with Gasteiger partial charge in [0.1, 0.15) is 5.75 Å². The monoisotopic (exact) mass is 426 g/mol. The van der Waals surface area contributed by atoms with Gasteiger partial charge in [-0.05, 0) is 56.4 Å². The van der Waals surface area contributed by atoms with Gasteiger partial charge < -0.3 is 9.64 Å². The van der Waals surface area contributed by atoms with Crippen LogP contribution in [0.5, 0.6) is 5.75 Å². The van der Waals surface area contributed by atoms with Crippen LogP contribution in [-0.2, 0) is 4.79 Å². The maximum absolute atomic E-state index is 13.2. The average molecular weight is 427 g/mol. The van der Waals surface area contributed by atoms with Gasteiger partial charge in [-0.2, -0.15) is 13.2 Å². The molecular weight excluding hydrogens is 393 g/mol. The van der Waals surface area contributed by atoms with Crippen LogP contribution in [0.25, 0.3) is 0 Å². The number of likely N-dealkylation sites (tertiary alicyclic amines) is 1. The molecule has 3 rings (SSSR count). The molecule has 168 valence electrons. The fourth-order valence-electron chi connectivity index (χ4n) is 4.76. The molecule has 0 unspecified atom stereocenters. The molecular formula is C23H33F3N2O2. The minimum absolute atomic E-state index is 0.0662. The van der Waals surface area contributed by atoms with Gasteiger partial charge in [0.15, 0.2) is 0 Å². The Morgan fingerprint density at radius 1 is 1.10 bits per heavy atom. The molecule has 0 atom stereocenters. The Morgan fingerprint density at radius 2 is 1.73 bits per heavy atom. The molecule has 0 spiro atoms. The number of alkyl halides is 3. The summed E-state index contributed by atoms with van der Waals surface area (Å²) in [6.07, 6.45) is 3.23. The molecule has 2 fully saturated rings. The zero-order chi connectivity index (χ0) is 21.6. The van der Waals surface area contributed by atoms with Crippen molar-refractivity contribution in [3.8, 4) is 5.75 Å². The van der Waals surface area contributed by atoms with Crippen molar-refractivity contribution in [3.05, 3.63) is 24.3 Å². The first kappa shape index (κ1) is 22.9. The van der Waals surface area contributed by atoms with E-state index < -0.39 is 12.7 Å². The van der Waals surface area contributed by atoms with Gasteiger partial charge in [-0.25, -0.2) is 0 Å². The molecule has 2 aliphatic rings. The number of benzene rings is 1. The largest absolute Gasteiger partial charge is 0.494 e. The topological polar surface area (TPSA) is 32.8 Å². The summed E-state index contributed by atoms with van der Waals surface area (Å²) in [5.74, 6) is 1.46. The Balaban J connectivity index is 1.68. The van der Waals surface area contributed by atoms with Gasteiger partial charge in [0, 0.05) is 31.2 Å². The fourth-order valence-corrected chi connectivity index (χ4v) is 4.76. The third kappa shape index (κ3) is 6.62. The van der Waals surface area contributed by atoms with Crippen molar-refractivity contribution in [2.75, 3.05) is 31.1 Å². The van der Waals surface area contributed by atoms with Crippen LogP contribution in [0, 0.1) is 5.92 Å². The predicted molar refractivity (Wildman–Crippen MR) is 112 cm³/mol. The van der Waals surface area contributed by atoms with E-state index in [2.05, 4.69) is 0 Å². The van der Waals surface area contributed by atoms with Crippen LogP contribution < -0.4 is 9.64 Å². The first-order chi connectivity index (χ1) is 14.4. The normalized spacial score (nSPS) is 19.2. The minimum Gasteiger partial charge on any atom is -0.494 e. The zero-order valence-corrected chi connectivity index (χ0v) is 17.8. The number of hydrogen-bond donors (Lipinski definition) is 0. The van der Waals surface area contributed by atoms with E-state index in [9.17, 15) is 18.0 Å². The second kappa shape index (κ2) is 10.5. The first-order valence-corrected chi connectivity index (χ1v) is 11.2. The van der Waals surface area contributed by atoms with Crippen molar-refractivity contribution in [2.24, 2.45) is 5.92 Å². The molecule has 1 aliphatic carbocycles. The Hall–Kier alpha value is -1.76. The van der Waals surface area contributed by atoms with Crippen molar-refractivity contribution >= 4 is 11.6 Å². The van der Waals surface area contributed by atoms with Crippen molar-refractivity contribution in [1.29, 1.82) is 0 Å². The van der Waals surface area contributed by atoms with Gasteiger partial charge in [-0.1, -0.05) is 25.7 Å². The molecule has 1 aliphatic heterocycles. The molecule has 1 saturated carbocycles. The van der Waals surface area contributed by atoms with E-state index >= 15 is 0 Å². The van der Waals surface area contributed by atoms with Crippen molar-refractivity contribution < 1.29 is 22.7 Å². The lowest BCUT2D eigenvalue weighted by Crippen LogP contribution is -2.49. The molecule has 0 radical (unpaired) electrons. The quantitative estimate of drug-likeness (QED) is 0.557. The number of halogens is 3. The molecule has 1 heterocycles. The average Bonchev–Trinajstić information content (AvgIpc) is 3.22. The molecule has 7 heteroatoms. The first-order valence-electron chi connectivity index (χ1n) is 11.2. The Kier molecular flexibility index (Phi) is 8.03. The number of nitrogens with zero attached hydrogens (tertiary/aromatic N) is 2. The zero-order valence-electron chi connectivity index (χ0n) is 17.8. The summed E-state index contributed by atoms with van der Waals surface area (Å²) < 4.78 is 43.7. The molecule has 1 aromatic carbocycles. The highest BCUT2D eigenvalue weighted by atomic mass is 19.4. The lowest BCUT2D eigenvalue weighted by atomic mass is 9.98. The third-order valence-corrected chi connectivity index (χ3v) is 6.26. The number of amides is 1. The number of piperidine rings is 1. The highest BCUT2D eigenvalue weighted by Crippen LogP contribution is 2.31. The molecule has 30 heavy (non-hydrogen) atoms. The fraction of sp³-hybridized carbons (Fsp3) is 0.696. The maximum atomic E-state index is 13.2. The van der Waals surface area contributed by atoms with Crippen LogP contribution >= 0.6 is 0 Å². The van der Waals surface area contributed by atoms with Crippen molar-refractivity contribution in [2.45, 2.75) is 70.5 Å². The third-order valence-electron chi connectivity index (χ3n) is 6.26. The highest BCUT2D eigenvalue weighted by Gasteiger charge is 2.35. The molecule has 1 saturated heterocycles. The Labute approximate surface area is 177 Å². The van der Waals surface area contributed by atoms with Crippen LogP contribution in [0.3, 0.4) is 0 Å². The van der Waals surface area contributed by atoms with Gasteiger partial charge in [-0.15, -0.1) is 0 Å². The number of anilines is 1. The molecule has 0 N–H and O–H groups in total. The Bertz CT molecular complexity index is 664. The van der Waals surface area contributed by atoms with Gasteiger partial charge in [0.2, 0.25) is 5.91 Å². The van der Waals surface area contributed by atoms with Crippen molar-refractivity contribution in [3.63, 3.8) is 0 Å². The van der Waals surface area contributed by atoms with E-state index in [0.29, 0.717) is 44.9 Å². The number of hydrogen-bond acceptors (Lipinski definition) is 3. The smallest absolute Gasteiger partial charge is 0.401 e. The van der Waals surface area contributed by atoms with E-state index in [-0.39, 0.29) is 11.9 Å². The van der Waals surface area contributed by atoms with Crippen LogP contribution in [0.4, 0.5) is 18.9 Å². The van der Waals surface area contributed by atoms with Gasteiger partial charge >= 0.3 is 6.18 Å². The summed E-state index contributed by atoms with van der Waals surface area (Å²) in [6, 6.07) is 7.42. The summed E-state index contributed by atoms with van der Waals surface area (Å²) in [5.41, 5.74) is 0.809. The van der Waals surface area contributed by atoms with E-state index in [0.717, 1.165) is 17.9 Å².